The Balaban J connectivity index is 2.55. The van der Waals surface area contributed by atoms with Crippen LogP contribution in [0.1, 0.15) is 33.3 Å². The van der Waals surface area contributed by atoms with Gasteiger partial charge in [0.15, 0.2) is 5.78 Å². The first kappa shape index (κ1) is 24.0. The molecule has 3 atom stereocenters. The molecule has 162 valence electrons. The summed E-state index contributed by atoms with van der Waals surface area (Å²) in [4.78, 5) is 13.7. The van der Waals surface area contributed by atoms with E-state index in [1.807, 2.05) is 34.6 Å². The molecule has 0 spiro atoms. The molecular weight excluding hydrogens is 398 g/mol. The van der Waals surface area contributed by atoms with Gasteiger partial charge in [0, 0.05) is 26.0 Å². The van der Waals surface area contributed by atoms with E-state index >= 15 is 0 Å². The number of sulfonamides is 1. The second-order valence-electron chi connectivity index (χ2n) is 10.8. The summed E-state index contributed by atoms with van der Waals surface area (Å²) in [5, 5.41) is 0. The summed E-state index contributed by atoms with van der Waals surface area (Å²) in [5.74, 6) is -0.122. The molecule has 1 fully saturated rings. The van der Waals surface area contributed by atoms with Crippen molar-refractivity contribution in [3.05, 3.63) is 42.0 Å². The third-order valence-corrected chi connectivity index (χ3v) is 8.97. The minimum absolute atomic E-state index is 0.0285. The van der Waals surface area contributed by atoms with Crippen LogP contribution in [0.15, 0.2) is 41.3 Å². The van der Waals surface area contributed by atoms with Gasteiger partial charge in [-0.1, -0.05) is 77.2 Å². The molecule has 0 saturated carbocycles. The number of benzene rings is 1. The third-order valence-electron chi connectivity index (χ3n) is 5.60. The molecule has 1 aliphatic rings. The van der Waals surface area contributed by atoms with Gasteiger partial charge in [-0.2, -0.15) is 4.31 Å². The van der Waals surface area contributed by atoms with Crippen molar-refractivity contribution in [2.24, 2.45) is 17.3 Å². The van der Waals surface area contributed by atoms with E-state index in [1.54, 1.807) is 24.3 Å². The smallest absolute Gasteiger partial charge is 0.243 e. The zero-order chi connectivity index (χ0) is 22.4. The molecule has 0 radical (unpaired) electrons. The lowest BCUT2D eigenvalue weighted by atomic mass is 9.77. The van der Waals surface area contributed by atoms with Crippen LogP contribution in [-0.2, 0) is 14.8 Å². The molecule has 29 heavy (non-hydrogen) atoms. The van der Waals surface area contributed by atoms with E-state index in [2.05, 4.69) is 26.2 Å². The highest BCUT2D eigenvalue weighted by molar-refractivity contribution is 7.89. The Kier molecular flexibility index (Phi) is 6.73. The van der Waals surface area contributed by atoms with E-state index in [1.165, 1.54) is 4.31 Å². The van der Waals surface area contributed by atoms with Crippen molar-refractivity contribution in [2.45, 2.75) is 71.2 Å². The third kappa shape index (κ3) is 5.28. The average Bonchev–Trinajstić information content (AvgIpc) is 2.90. The van der Waals surface area contributed by atoms with Crippen molar-refractivity contribution in [2.75, 3.05) is 6.54 Å². The lowest BCUT2D eigenvalue weighted by molar-refractivity contribution is -0.130. The van der Waals surface area contributed by atoms with E-state index in [9.17, 15) is 13.2 Å². The van der Waals surface area contributed by atoms with Gasteiger partial charge in [-0.05, 0) is 31.0 Å². The van der Waals surface area contributed by atoms with Gasteiger partial charge in [0.25, 0.3) is 0 Å². The summed E-state index contributed by atoms with van der Waals surface area (Å²) < 4.78 is 28.5. The van der Waals surface area contributed by atoms with Crippen LogP contribution in [0.25, 0.3) is 0 Å². The van der Waals surface area contributed by atoms with E-state index in [0.29, 0.717) is 6.54 Å². The Morgan fingerprint density at radius 3 is 2.14 bits per heavy atom. The zero-order valence-electron chi connectivity index (χ0n) is 19.2. The minimum atomic E-state index is -3.77. The normalized spacial score (nSPS) is 23.9. The fourth-order valence-electron chi connectivity index (χ4n) is 4.26. The van der Waals surface area contributed by atoms with E-state index in [-0.39, 0.29) is 22.5 Å². The maximum absolute atomic E-state index is 13.5. The van der Waals surface area contributed by atoms with Crippen LogP contribution in [-0.4, -0.2) is 39.2 Å². The molecule has 1 saturated heterocycles. The highest BCUT2D eigenvalue weighted by atomic mass is 32.2. The number of hydrogen-bond donors (Lipinski definition) is 0. The number of nitrogens with zero attached hydrogens (tertiary/aromatic N) is 1. The van der Waals surface area contributed by atoms with E-state index < -0.39 is 29.6 Å². The number of carbonyl (C=O) groups is 1. The standard InChI is InChI=1S/C23H37NO3SSi/c1-16-10-12-19(13-11-16)28(26,27)24-14-17(2)20(18(3)15-29(7,8)9)21(24)22(25)23(4,5)6/h10-13,17,20-21H,3,14-15H2,1-2,4-9H3/t17-,20-,21-/m0/s1. The summed E-state index contributed by atoms with van der Waals surface area (Å²) in [6.07, 6.45) is 0. The highest BCUT2D eigenvalue weighted by Crippen LogP contribution is 2.43. The van der Waals surface area contributed by atoms with Gasteiger partial charge in [-0.15, -0.1) is 0 Å². The molecule has 1 heterocycles. The Bertz CT molecular complexity index is 876. The summed E-state index contributed by atoms with van der Waals surface area (Å²) in [5.41, 5.74) is 1.40. The predicted octanol–water partition coefficient (Wildman–Crippen LogP) is 5.13. The van der Waals surface area contributed by atoms with Gasteiger partial charge < -0.3 is 0 Å². The lowest BCUT2D eigenvalue weighted by Crippen LogP contribution is -2.48. The van der Waals surface area contributed by atoms with Crippen LogP contribution in [0.3, 0.4) is 0 Å². The molecule has 6 heteroatoms. The number of aryl methyl sites for hydroxylation is 1. The van der Waals surface area contributed by atoms with Crippen molar-refractivity contribution >= 4 is 23.9 Å². The van der Waals surface area contributed by atoms with Gasteiger partial charge in [-0.25, -0.2) is 8.42 Å². The fraction of sp³-hybridized carbons (Fsp3) is 0.609. The van der Waals surface area contributed by atoms with Crippen molar-refractivity contribution in [1.82, 2.24) is 4.31 Å². The topological polar surface area (TPSA) is 54.5 Å². The van der Waals surface area contributed by atoms with Crippen LogP contribution in [0.4, 0.5) is 0 Å². The monoisotopic (exact) mass is 435 g/mol. The average molecular weight is 436 g/mol. The molecule has 1 aliphatic heterocycles. The van der Waals surface area contributed by atoms with Gasteiger partial charge in [0.2, 0.25) is 10.0 Å². The molecule has 0 N–H and O–H groups in total. The van der Waals surface area contributed by atoms with Crippen LogP contribution >= 0.6 is 0 Å². The fourth-order valence-corrected chi connectivity index (χ4v) is 7.56. The largest absolute Gasteiger partial charge is 0.297 e. The predicted molar refractivity (Wildman–Crippen MR) is 123 cm³/mol. The lowest BCUT2D eigenvalue weighted by Gasteiger charge is -2.34. The van der Waals surface area contributed by atoms with Crippen LogP contribution in [0, 0.1) is 24.2 Å². The van der Waals surface area contributed by atoms with Crippen LogP contribution in [0.2, 0.25) is 25.7 Å². The Morgan fingerprint density at radius 2 is 1.69 bits per heavy atom. The maximum Gasteiger partial charge on any atom is 0.243 e. The number of hydrogen-bond acceptors (Lipinski definition) is 3. The molecule has 2 rings (SSSR count). The first-order chi connectivity index (χ1) is 13.1. The van der Waals surface area contributed by atoms with Gasteiger partial charge in [0.05, 0.1) is 10.9 Å². The molecule has 0 bridgehead atoms. The molecule has 0 unspecified atom stereocenters. The summed E-state index contributed by atoms with van der Waals surface area (Å²) in [6, 6.07) is 7.08. The maximum atomic E-state index is 13.5. The molecule has 0 aliphatic carbocycles. The van der Waals surface area contributed by atoms with Crippen LogP contribution in [0.5, 0.6) is 0 Å². The highest BCUT2D eigenvalue weighted by Gasteiger charge is 2.52. The number of ketones is 1. The molecule has 0 amide bonds. The summed E-state index contributed by atoms with van der Waals surface area (Å²) in [7, 11) is -5.21. The van der Waals surface area contributed by atoms with Crippen molar-refractivity contribution < 1.29 is 13.2 Å². The van der Waals surface area contributed by atoms with E-state index in [0.717, 1.165) is 17.2 Å². The first-order valence-electron chi connectivity index (χ1n) is 10.4. The number of Topliss-reactive ketones (excluding diaryl/α,β-unsaturated/α-hetero) is 1. The van der Waals surface area contributed by atoms with Crippen molar-refractivity contribution in [1.29, 1.82) is 0 Å². The van der Waals surface area contributed by atoms with Crippen molar-refractivity contribution in [3.8, 4) is 0 Å². The molecule has 0 aromatic heterocycles. The quantitative estimate of drug-likeness (QED) is 0.460. The first-order valence-corrected chi connectivity index (χ1v) is 15.5. The number of rotatable bonds is 6. The number of carbonyl (C=O) groups excluding carboxylic acids is 1. The van der Waals surface area contributed by atoms with Gasteiger partial charge >= 0.3 is 0 Å². The van der Waals surface area contributed by atoms with Gasteiger partial charge in [0.1, 0.15) is 0 Å². The second-order valence-corrected chi connectivity index (χ2v) is 18.2. The molecule has 4 nitrogen and oxygen atoms in total. The minimum Gasteiger partial charge on any atom is -0.297 e. The van der Waals surface area contributed by atoms with Gasteiger partial charge in [-0.3, -0.25) is 4.79 Å². The Morgan fingerprint density at radius 1 is 1.17 bits per heavy atom. The molecule has 1 aromatic carbocycles. The zero-order valence-corrected chi connectivity index (χ0v) is 21.1. The molecular formula is C23H37NO3SSi. The Hall–Kier alpha value is -1.24. The summed E-state index contributed by atoms with van der Waals surface area (Å²) >= 11 is 0. The Labute approximate surface area is 178 Å². The summed E-state index contributed by atoms with van der Waals surface area (Å²) in [6.45, 7) is 21.1. The second kappa shape index (κ2) is 8.12. The SMILES string of the molecule is C=C(C[Si](C)(C)C)[C@H]1[C@@H](C(=O)C(C)(C)C)N(S(=O)(=O)c2ccc(C)cc2)C[C@@H]1C. The van der Waals surface area contributed by atoms with Crippen molar-refractivity contribution in [3.63, 3.8) is 0 Å². The van der Waals surface area contributed by atoms with E-state index in [4.69, 9.17) is 0 Å². The molecule has 1 aromatic rings. The van der Waals surface area contributed by atoms with Crippen LogP contribution < -0.4 is 0 Å².